The van der Waals surface area contributed by atoms with E-state index in [9.17, 15) is 4.79 Å². The van der Waals surface area contributed by atoms with Crippen molar-refractivity contribution < 1.29 is 9.53 Å². The molecule has 0 unspecified atom stereocenters. The Hall–Kier alpha value is -2.15. The van der Waals surface area contributed by atoms with Crippen LogP contribution < -0.4 is 10.6 Å². The fraction of sp³-hybridized carbons (Fsp3) is 0.417. The molecule has 19 heavy (non-hydrogen) atoms. The van der Waals surface area contributed by atoms with E-state index in [0.29, 0.717) is 12.2 Å². The number of carbonyl (C=O) groups excluding carboxylic acids is 1. The predicted molar refractivity (Wildman–Crippen MR) is 69.0 cm³/mol. The first-order valence-electron chi connectivity index (χ1n) is 6.29. The number of hydrogen-bond acceptors (Lipinski definition) is 4. The number of rotatable bonds is 3. The normalized spacial score (nSPS) is 18.6. The van der Waals surface area contributed by atoms with Crippen molar-refractivity contribution in [2.75, 3.05) is 18.5 Å². The fourth-order valence-electron chi connectivity index (χ4n) is 2.04. The van der Waals surface area contributed by atoms with Gasteiger partial charge in [0.1, 0.15) is 0 Å². The van der Waals surface area contributed by atoms with E-state index in [-0.39, 0.29) is 18.1 Å². The van der Waals surface area contributed by atoms with Gasteiger partial charge in [-0.1, -0.05) is 6.07 Å². The average Bonchev–Trinajstić information content (AvgIpc) is 3.04. The van der Waals surface area contributed by atoms with Crippen molar-refractivity contribution in [3.05, 3.63) is 24.4 Å². The zero-order valence-electron chi connectivity index (χ0n) is 10.4. The van der Waals surface area contributed by atoms with E-state index in [1.165, 1.54) is 0 Å². The third-order valence-electron chi connectivity index (χ3n) is 2.98. The maximum Gasteiger partial charge on any atom is 0.321 e. The number of fused-ring (bicyclic) bond motifs is 1. The van der Waals surface area contributed by atoms with Gasteiger partial charge >= 0.3 is 6.03 Å². The minimum atomic E-state index is -0.314. The number of pyridine rings is 1. The molecule has 0 spiro atoms. The van der Waals surface area contributed by atoms with Crippen molar-refractivity contribution in [3.8, 4) is 0 Å². The molecular weight excluding hydrogens is 246 g/mol. The van der Waals surface area contributed by atoms with E-state index in [4.69, 9.17) is 4.74 Å². The maximum atomic E-state index is 11.7. The molecule has 0 aliphatic carbocycles. The highest BCUT2D eigenvalue weighted by atomic mass is 16.5. The van der Waals surface area contributed by atoms with E-state index < -0.39 is 0 Å². The van der Waals surface area contributed by atoms with Gasteiger partial charge < -0.3 is 10.1 Å². The van der Waals surface area contributed by atoms with Crippen molar-refractivity contribution >= 4 is 17.6 Å². The number of aromatic nitrogens is 3. The summed E-state index contributed by atoms with van der Waals surface area (Å²) in [4.78, 5) is 15.9. The van der Waals surface area contributed by atoms with Gasteiger partial charge in [-0.2, -0.15) is 4.98 Å². The Balaban J connectivity index is 1.56. The van der Waals surface area contributed by atoms with Gasteiger partial charge in [-0.3, -0.25) is 5.32 Å². The number of urea groups is 1. The largest absolute Gasteiger partial charge is 0.376 e. The quantitative estimate of drug-likeness (QED) is 0.864. The second-order valence-corrected chi connectivity index (χ2v) is 4.41. The minimum Gasteiger partial charge on any atom is -0.376 e. The van der Waals surface area contributed by atoms with Gasteiger partial charge in [0.2, 0.25) is 0 Å². The summed E-state index contributed by atoms with van der Waals surface area (Å²) in [5, 5.41) is 9.49. The molecule has 3 heterocycles. The monoisotopic (exact) mass is 261 g/mol. The summed E-state index contributed by atoms with van der Waals surface area (Å²) in [6.45, 7) is 1.29. The van der Waals surface area contributed by atoms with E-state index in [0.717, 1.165) is 19.4 Å². The lowest BCUT2D eigenvalue weighted by Crippen LogP contribution is -2.35. The highest BCUT2D eigenvalue weighted by molar-refractivity contribution is 5.87. The lowest BCUT2D eigenvalue weighted by molar-refractivity contribution is 0.112. The molecule has 1 aliphatic heterocycles. The van der Waals surface area contributed by atoms with Crippen LogP contribution in [0.2, 0.25) is 0 Å². The summed E-state index contributed by atoms with van der Waals surface area (Å²) >= 11 is 0. The van der Waals surface area contributed by atoms with Crippen molar-refractivity contribution in [3.63, 3.8) is 0 Å². The molecule has 1 atom stereocenters. The van der Waals surface area contributed by atoms with Gasteiger partial charge in [0.25, 0.3) is 5.95 Å². The number of anilines is 1. The molecule has 100 valence electrons. The summed E-state index contributed by atoms with van der Waals surface area (Å²) in [7, 11) is 0. The molecule has 2 aromatic rings. The van der Waals surface area contributed by atoms with E-state index in [1.807, 2.05) is 18.2 Å². The van der Waals surface area contributed by atoms with Gasteiger partial charge in [-0.05, 0) is 25.0 Å². The number of amides is 2. The predicted octanol–water partition coefficient (Wildman–Crippen LogP) is 1.03. The molecular formula is C12H15N5O2. The molecule has 1 fully saturated rings. The van der Waals surface area contributed by atoms with Gasteiger partial charge in [0.15, 0.2) is 5.65 Å². The Bertz CT molecular complexity index is 543. The molecule has 2 N–H and O–H groups in total. The van der Waals surface area contributed by atoms with Crippen LogP contribution in [0.4, 0.5) is 10.7 Å². The van der Waals surface area contributed by atoms with Crippen LogP contribution in [-0.2, 0) is 4.74 Å². The summed E-state index contributed by atoms with van der Waals surface area (Å²) in [6.07, 6.45) is 3.95. The van der Waals surface area contributed by atoms with Gasteiger partial charge in [0.05, 0.1) is 6.10 Å². The Morgan fingerprint density at radius 2 is 2.47 bits per heavy atom. The van der Waals surface area contributed by atoms with Crippen molar-refractivity contribution in [2.24, 2.45) is 0 Å². The zero-order valence-corrected chi connectivity index (χ0v) is 10.4. The van der Waals surface area contributed by atoms with Crippen LogP contribution >= 0.6 is 0 Å². The number of ether oxygens (including phenoxy) is 1. The Morgan fingerprint density at radius 3 is 3.26 bits per heavy atom. The van der Waals surface area contributed by atoms with E-state index >= 15 is 0 Å². The number of nitrogens with zero attached hydrogens (tertiary/aromatic N) is 3. The second kappa shape index (κ2) is 5.23. The maximum absolute atomic E-state index is 11.7. The van der Waals surface area contributed by atoms with Crippen molar-refractivity contribution in [2.45, 2.75) is 18.9 Å². The van der Waals surface area contributed by atoms with Crippen LogP contribution in [0.1, 0.15) is 12.8 Å². The molecule has 0 bridgehead atoms. The van der Waals surface area contributed by atoms with Gasteiger partial charge in [-0.25, -0.2) is 9.31 Å². The standard InChI is InChI=1S/C12H15N5O2/c18-12(13-8-9-4-3-7-19-9)15-11-14-10-5-1-2-6-17(10)16-11/h1-2,5-6,9H,3-4,7-8H2,(H2,13,15,16,18)/t9-/m1/s1. The summed E-state index contributed by atoms with van der Waals surface area (Å²) in [5.41, 5.74) is 0.692. The molecule has 2 amide bonds. The van der Waals surface area contributed by atoms with Crippen LogP contribution in [0.3, 0.4) is 0 Å². The molecule has 0 saturated carbocycles. The van der Waals surface area contributed by atoms with Gasteiger partial charge in [0, 0.05) is 19.3 Å². The van der Waals surface area contributed by atoms with Gasteiger partial charge in [-0.15, -0.1) is 5.10 Å². The zero-order chi connectivity index (χ0) is 13.1. The van der Waals surface area contributed by atoms with Crippen LogP contribution in [0, 0.1) is 0 Å². The highest BCUT2D eigenvalue weighted by Gasteiger charge is 2.16. The van der Waals surface area contributed by atoms with Crippen LogP contribution in [0.5, 0.6) is 0 Å². The fourth-order valence-corrected chi connectivity index (χ4v) is 2.04. The molecule has 2 aromatic heterocycles. The number of carbonyl (C=O) groups is 1. The molecule has 1 aliphatic rings. The van der Waals surface area contributed by atoms with Crippen LogP contribution in [-0.4, -0.2) is 39.9 Å². The molecule has 7 nitrogen and oxygen atoms in total. The average molecular weight is 261 g/mol. The summed E-state index contributed by atoms with van der Waals surface area (Å²) < 4.78 is 7.03. The third-order valence-corrected chi connectivity index (χ3v) is 2.98. The Labute approximate surface area is 110 Å². The second-order valence-electron chi connectivity index (χ2n) is 4.41. The Morgan fingerprint density at radius 1 is 1.53 bits per heavy atom. The van der Waals surface area contributed by atoms with Crippen molar-refractivity contribution in [1.29, 1.82) is 0 Å². The highest BCUT2D eigenvalue weighted by Crippen LogP contribution is 2.10. The number of nitrogens with one attached hydrogen (secondary N) is 2. The Kier molecular flexibility index (Phi) is 3.28. The summed E-state index contributed by atoms with van der Waals surface area (Å²) in [6, 6.07) is 5.22. The van der Waals surface area contributed by atoms with E-state index in [1.54, 1.807) is 10.7 Å². The molecule has 0 radical (unpaired) electrons. The smallest absolute Gasteiger partial charge is 0.321 e. The third kappa shape index (κ3) is 2.82. The minimum absolute atomic E-state index is 0.125. The first-order chi connectivity index (χ1) is 9.31. The summed E-state index contributed by atoms with van der Waals surface area (Å²) in [5.74, 6) is 0.288. The topological polar surface area (TPSA) is 80.5 Å². The molecule has 0 aromatic carbocycles. The molecule has 1 saturated heterocycles. The van der Waals surface area contributed by atoms with Crippen LogP contribution in [0.15, 0.2) is 24.4 Å². The first kappa shape index (κ1) is 11.9. The van der Waals surface area contributed by atoms with Crippen LogP contribution in [0.25, 0.3) is 5.65 Å². The molecule has 3 rings (SSSR count). The van der Waals surface area contributed by atoms with Crippen molar-refractivity contribution in [1.82, 2.24) is 19.9 Å². The lowest BCUT2D eigenvalue weighted by Gasteiger charge is -2.10. The molecule has 7 heteroatoms. The number of hydrogen-bond donors (Lipinski definition) is 2. The first-order valence-corrected chi connectivity index (χ1v) is 6.29. The SMILES string of the molecule is O=C(NC[C@H]1CCCO1)Nc1nc2ccccn2n1. The van der Waals surface area contributed by atoms with E-state index in [2.05, 4.69) is 20.7 Å². The lowest BCUT2D eigenvalue weighted by atomic mass is 10.2.